The summed E-state index contributed by atoms with van der Waals surface area (Å²) in [6.45, 7) is 5.03. The number of hydrogen-bond acceptors (Lipinski definition) is 3. The molecule has 1 saturated heterocycles. The van der Waals surface area contributed by atoms with E-state index >= 15 is 0 Å². The second-order valence-electron chi connectivity index (χ2n) is 4.97. The Balaban J connectivity index is 0.00000200. The van der Waals surface area contributed by atoms with Gasteiger partial charge in [0.25, 0.3) is 0 Å². The number of guanidine groups is 1. The molecule has 0 bridgehead atoms. The summed E-state index contributed by atoms with van der Waals surface area (Å²) in [7, 11) is 0. The smallest absolute Gasteiger partial charge is 0.191 e. The maximum atomic E-state index is 6.07. The first-order valence-corrected chi connectivity index (χ1v) is 8.09. The van der Waals surface area contributed by atoms with Gasteiger partial charge in [0.05, 0.1) is 5.01 Å². The Labute approximate surface area is 142 Å². The molecule has 20 heavy (non-hydrogen) atoms. The minimum absolute atomic E-state index is 0. The monoisotopic (exact) mass is 408 g/mol. The molecule has 0 atom stereocenters. The number of aryl methyl sites for hydroxylation is 1. The molecule has 2 heterocycles. The van der Waals surface area contributed by atoms with Crippen molar-refractivity contribution in [2.75, 3.05) is 19.6 Å². The summed E-state index contributed by atoms with van der Waals surface area (Å²) < 4.78 is 0. The zero-order chi connectivity index (χ0) is 13.5. The first kappa shape index (κ1) is 17.7. The summed E-state index contributed by atoms with van der Waals surface area (Å²) in [5.41, 5.74) is 6.07. The number of halogens is 1. The number of rotatable bonds is 4. The average molecular weight is 408 g/mol. The van der Waals surface area contributed by atoms with E-state index in [2.05, 4.69) is 21.8 Å². The van der Waals surface area contributed by atoms with Crippen molar-refractivity contribution in [1.29, 1.82) is 0 Å². The van der Waals surface area contributed by atoms with E-state index in [0.717, 1.165) is 32.5 Å². The number of hydrogen-bond donors (Lipinski definition) is 1. The van der Waals surface area contributed by atoms with Crippen LogP contribution < -0.4 is 5.73 Å². The van der Waals surface area contributed by atoms with Crippen LogP contribution in [0, 0.1) is 0 Å². The highest BCUT2D eigenvalue weighted by molar-refractivity contribution is 14.0. The van der Waals surface area contributed by atoms with Crippen molar-refractivity contribution in [2.45, 2.75) is 45.4 Å². The van der Waals surface area contributed by atoms with Gasteiger partial charge in [-0.3, -0.25) is 4.99 Å². The molecule has 4 nitrogen and oxygen atoms in total. The Kier molecular flexibility index (Phi) is 8.44. The SMILES string of the molecule is CCc1cnc(CCN=C(N)N2CCCCCC2)s1.I. The van der Waals surface area contributed by atoms with Gasteiger partial charge in [-0.15, -0.1) is 35.3 Å². The Bertz CT molecular complexity index is 411. The van der Waals surface area contributed by atoms with E-state index in [4.69, 9.17) is 5.73 Å². The molecule has 1 aliphatic rings. The molecule has 114 valence electrons. The molecule has 0 unspecified atom stereocenters. The highest BCUT2D eigenvalue weighted by Gasteiger charge is 2.10. The van der Waals surface area contributed by atoms with E-state index in [1.807, 2.05) is 6.20 Å². The minimum Gasteiger partial charge on any atom is -0.370 e. The zero-order valence-corrected chi connectivity index (χ0v) is 15.3. The topological polar surface area (TPSA) is 54.5 Å². The van der Waals surface area contributed by atoms with Crippen LogP contribution in [-0.2, 0) is 12.8 Å². The predicted octanol–water partition coefficient (Wildman–Crippen LogP) is 3.06. The van der Waals surface area contributed by atoms with Crippen molar-refractivity contribution in [1.82, 2.24) is 9.88 Å². The maximum absolute atomic E-state index is 6.07. The molecule has 0 saturated carbocycles. The molecular weight excluding hydrogens is 383 g/mol. The van der Waals surface area contributed by atoms with E-state index in [9.17, 15) is 0 Å². The summed E-state index contributed by atoms with van der Waals surface area (Å²) in [6, 6.07) is 0. The molecule has 0 amide bonds. The number of thiazole rings is 1. The van der Waals surface area contributed by atoms with E-state index in [1.165, 1.54) is 35.6 Å². The van der Waals surface area contributed by atoms with Crippen molar-refractivity contribution in [2.24, 2.45) is 10.7 Å². The van der Waals surface area contributed by atoms with Crippen LogP contribution in [0.1, 0.15) is 42.5 Å². The molecule has 1 aromatic rings. The number of likely N-dealkylation sites (tertiary alicyclic amines) is 1. The summed E-state index contributed by atoms with van der Waals surface area (Å²) >= 11 is 1.79. The molecule has 2 N–H and O–H groups in total. The van der Waals surface area contributed by atoms with Crippen LogP contribution in [0.4, 0.5) is 0 Å². The zero-order valence-electron chi connectivity index (χ0n) is 12.2. The number of nitrogens with zero attached hydrogens (tertiary/aromatic N) is 3. The fraction of sp³-hybridized carbons (Fsp3) is 0.714. The Morgan fingerprint density at radius 1 is 1.35 bits per heavy atom. The maximum Gasteiger partial charge on any atom is 0.191 e. The van der Waals surface area contributed by atoms with Crippen LogP contribution in [0.3, 0.4) is 0 Å². The van der Waals surface area contributed by atoms with Crippen LogP contribution in [-0.4, -0.2) is 35.5 Å². The highest BCUT2D eigenvalue weighted by Crippen LogP contribution is 2.14. The fourth-order valence-corrected chi connectivity index (χ4v) is 3.14. The molecule has 1 aliphatic heterocycles. The van der Waals surface area contributed by atoms with Gasteiger partial charge in [0.15, 0.2) is 5.96 Å². The molecule has 0 aliphatic carbocycles. The van der Waals surface area contributed by atoms with Crippen molar-refractivity contribution in [3.05, 3.63) is 16.1 Å². The third kappa shape index (κ3) is 5.55. The van der Waals surface area contributed by atoms with Crippen LogP contribution in [0.2, 0.25) is 0 Å². The van der Waals surface area contributed by atoms with Crippen molar-refractivity contribution in [3.8, 4) is 0 Å². The molecule has 0 spiro atoms. The van der Waals surface area contributed by atoms with Crippen LogP contribution >= 0.6 is 35.3 Å². The van der Waals surface area contributed by atoms with Gasteiger partial charge in [-0.1, -0.05) is 19.8 Å². The minimum atomic E-state index is 0. The van der Waals surface area contributed by atoms with Crippen molar-refractivity contribution in [3.63, 3.8) is 0 Å². The number of aliphatic imine (C=N–C) groups is 1. The summed E-state index contributed by atoms with van der Waals surface area (Å²) in [5, 5.41) is 1.17. The number of aromatic nitrogens is 1. The largest absolute Gasteiger partial charge is 0.370 e. The molecule has 0 radical (unpaired) electrons. The second kappa shape index (κ2) is 9.55. The molecule has 6 heteroatoms. The van der Waals surface area contributed by atoms with E-state index in [0.29, 0.717) is 5.96 Å². The lowest BCUT2D eigenvalue weighted by Gasteiger charge is -2.20. The van der Waals surface area contributed by atoms with Gasteiger partial charge in [0, 0.05) is 37.1 Å². The third-order valence-electron chi connectivity index (χ3n) is 3.48. The lowest BCUT2D eigenvalue weighted by atomic mass is 10.2. The van der Waals surface area contributed by atoms with E-state index in [-0.39, 0.29) is 24.0 Å². The fourth-order valence-electron chi connectivity index (χ4n) is 2.29. The van der Waals surface area contributed by atoms with Crippen molar-refractivity contribution >= 4 is 41.3 Å². The summed E-state index contributed by atoms with van der Waals surface area (Å²) in [5.74, 6) is 0.717. The first-order valence-electron chi connectivity index (χ1n) is 7.28. The van der Waals surface area contributed by atoms with Crippen molar-refractivity contribution < 1.29 is 0 Å². The normalized spacial score (nSPS) is 16.6. The molecular formula is C14H25IN4S. The van der Waals surface area contributed by atoms with Gasteiger partial charge in [-0.25, -0.2) is 4.98 Å². The lowest BCUT2D eigenvalue weighted by Crippen LogP contribution is -2.38. The van der Waals surface area contributed by atoms with Gasteiger partial charge < -0.3 is 10.6 Å². The Morgan fingerprint density at radius 3 is 2.65 bits per heavy atom. The third-order valence-corrected chi connectivity index (χ3v) is 4.68. The van der Waals surface area contributed by atoms with E-state index < -0.39 is 0 Å². The van der Waals surface area contributed by atoms with Crippen LogP contribution in [0.15, 0.2) is 11.2 Å². The van der Waals surface area contributed by atoms with Gasteiger partial charge in [-0.05, 0) is 19.3 Å². The molecule has 2 rings (SSSR count). The van der Waals surface area contributed by atoms with Gasteiger partial charge in [0.1, 0.15) is 0 Å². The molecule has 1 aromatic heterocycles. The van der Waals surface area contributed by atoms with Gasteiger partial charge >= 0.3 is 0 Å². The van der Waals surface area contributed by atoms with Gasteiger partial charge in [0.2, 0.25) is 0 Å². The summed E-state index contributed by atoms with van der Waals surface area (Å²) in [4.78, 5) is 12.5. The standard InChI is InChI=1S/C14H24N4S.HI/c1-2-12-11-17-13(19-12)7-8-16-14(15)18-9-5-3-4-6-10-18;/h11H,2-10H2,1H3,(H2,15,16);1H. The average Bonchev–Trinajstić information content (AvgIpc) is 2.71. The van der Waals surface area contributed by atoms with E-state index in [1.54, 1.807) is 11.3 Å². The first-order chi connectivity index (χ1) is 9.29. The van der Waals surface area contributed by atoms with Crippen LogP contribution in [0.25, 0.3) is 0 Å². The predicted molar refractivity (Wildman–Crippen MR) is 97.1 cm³/mol. The number of nitrogens with two attached hydrogens (primary N) is 1. The van der Waals surface area contributed by atoms with Crippen LogP contribution in [0.5, 0.6) is 0 Å². The Morgan fingerprint density at radius 2 is 2.05 bits per heavy atom. The molecule has 0 aromatic carbocycles. The highest BCUT2D eigenvalue weighted by atomic mass is 127. The van der Waals surface area contributed by atoms with Gasteiger partial charge in [-0.2, -0.15) is 0 Å². The molecule has 1 fully saturated rings. The quantitative estimate of drug-likeness (QED) is 0.473. The lowest BCUT2D eigenvalue weighted by molar-refractivity contribution is 0.428. The Hall–Kier alpha value is -0.370. The second-order valence-corrected chi connectivity index (χ2v) is 6.16. The summed E-state index contributed by atoms with van der Waals surface area (Å²) in [6.07, 6.45) is 9.06.